The molecule has 2 N–H and O–H groups in total. The van der Waals surface area contributed by atoms with Gasteiger partial charge in [-0.05, 0) is 68.5 Å². The molecule has 0 atom stereocenters. The molecule has 0 saturated heterocycles. The van der Waals surface area contributed by atoms with Gasteiger partial charge in [-0.3, -0.25) is 14.4 Å². The molecule has 1 aliphatic carbocycles. The number of Topliss-reactive ketones (excluding diaryl/α,β-unsaturated/α-hetero) is 1. The molecule has 1 saturated carbocycles. The lowest BCUT2D eigenvalue weighted by molar-refractivity contribution is -0.143. The first-order valence-corrected chi connectivity index (χ1v) is 12.3. The summed E-state index contributed by atoms with van der Waals surface area (Å²) in [5, 5.41) is 12.2. The SMILES string of the molecule is O=C(CCCNC(=O)c1cc2c(F)cccc2s1)c1ccc(OC2CCC(C(=O)O)CC2)c(F)c1. The van der Waals surface area contributed by atoms with Crippen LogP contribution in [-0.4, -0.2) is 35.4 Å². The quantitative estimate of drug-likeness (QED) is 0.294. The minimum Gasteiger partial charge on any atom is -0.487 e. The van der Waals surface area contributed by atoms with Crippen molar-refractivity contribution in [3.8, 4) is 5.75 Å². The lowest BCUT2D eigenvalue weighted by Crippen LogP contribution is -2.28. The van der Waals surface area contributed by atoms with E-state index < -0.39 is 11.8 Å². The molecule has 1 heterocycles. The van der Waals surface area contributed by atoms with Crippen molar-refractivity contribution in [2.45, 2.75) is 44.6 Å². The Bertz CT molecular complexity index is 1250. The number of thiophene rings is 1. The predicted molar refractivity (Wildman–Crippen MR) is 128 cm³/mol. The summed E-state index contributed by atoms with van der Waals surface area (Å²) >= 11 is 1.20. The average Bonchev–Trinajstić information content (AvgIpc) is 3.29. The van der Waals surface area contributed by atoms with Gasteiger partial charge in [0.15, 0.2) is 17.3 Å². The maximum atomic E-state index is 14.5. The zero-order valence-electron chi connectivity index (χ0n) is 18.9. The highest BCUT2D eigenvalue weighted by atomic mass is 32.1. The van der Waals surface area contributed by atoms with Gasteiger partial charge in [0, 0.05) is 28.6 Å². The molecule has 0 unspecified atom stereocenters. The monoisotopic (exact) mass is 501 g/mol. The molecule has 1 aliphatic rings. The van der Waals surface area contributed by atoms with Crippen LogP contribution in [0.25, 0.3) is 10.1 Å². The van der Waals surface area contributed by atoms with Crippen LogP contribution in [0.1, 0.15) is 58.6 Å². The number of amides is 1. The number of rotatable bonds is 9. The van der Waals surface area contributed by atoms with E-state index in [1.807, 2.05) is 0 Å². The van der Waals surface area contributed by atoms with Crippen LogP contribution in [0.3, 0.4) is 0 Å². The first-order valence-electron chi connectivity index (χ1n) is 11.5. The molecule has 1 fully saturated rings. The molecule has 6 nitrogen and oxygen atoms in total. The van der Waals surface area contributed by atoms with Gasteiger partial charge in [-0.2, -0.15) is 0 Å². The summed E-state index contributed by atoms with van der Waals surface area (Å²) < 4.78 is 34.7. The van der Waals surface area contributed by atoms with Crippen LogP contribution in [0, 0.1) is 17.6 Å². The lowest BCUT2D eigenvalue weighted by Gasteiger charge is -2.27. The smallest absolute Gasteiger partial charge is 0.306 e. The summed E-state index contributed by atoms with van der Waals surface area (Å²) in [6.07, 6.45) is 2.32. The number of nitrogens with one attached hydrogen (secondary N) is 1. The summed E-state index contributed by atoms with van der Waals surface area (Å²) in [7, 11) is 0. The summed E-state index contributed by atoms with van der Waals surface area (Å²) in [6.45, 7) is 0.254. The number of carbonyl (C=O) groups excluding carboxylic acids is 2. The van der Waals surface area contributed by atoms with Gasteiger partial charge in [0.2, 0.25) is 0 Å². The molecule has 4 rings (SSSR count). The molecule has 2 aromatic carbocycles. The Hall–Kier alpha value is -3.33. The molecule has 0 radical (unpaired) electrons. The van der Waals surface area contributed by atoms with Crippen molar-refractivity contribution < 1.29 is 33.0 Å². The highest BCUT2D eigenvalue weighted by Crippen LogP contribution is 2.30. The van der Waals surface area contributed by atoms with E-state index in [0.717, 1.165) is 6.07 Å². The van der Waals surface area contributed by atoms with Crippen LogP contribution < -0.4 is 10.1 Å². The minimum absolute atomic E-state index is 0.0485. The number of ketones is 1. The molecule has 0 aliphatic heterocycles. The van der Waals surface area contributed by atoms with Gasteiger partial charge >= 0.3 is 5.97 Å². The number of aliphatic carboxylic acids is 1. The second-order valence-corrected chi connectivity index (χ2v) is 9.70. The van der Waals surface area contributed by atoms with Crippen LogP contribution in [0.15, 0.2) is 42.5 Å². The van der Waals surface area contributed by atoms with E-state index in [4.69, 9.17) is 9.84 Å². The molecule has 1 aromatic heterocycles. The molecule has 184 valence electrons. The standard InChI is InChI=1S/C26H25F2NO5S/c27-19-3-1-5-23-18(19)14-24(35-23)25(31)29-12-2-4-21(30)16-8-11-22(20(28)13-16)34-17-9-6-15(7-10-17)26(32)33/h1,3,5,8,11,13-15,17H,2,4,6-7,9-10,12H2,(H,29,31)(H,32,33). The number of ether oxygens (including phenoxy) is 1. The van der Waals surface area contributed by atoms with Gasteiger partial charge in [0.1, 0.15) is 5.82 Å². The van der Waals surface area contributed by atoms with Crippen molar-refractivity contribution in [3.63, 3.8) is 0 Å². The number of hydrogen-bond donors (Lipinski definition) is 2. The Morgan fingerprint density at radius 1 is 1.03 bits per heavy atom. The topological polar surface area (TPSA) is 92.7 Å². The van der Waals surface area contributed by atoms with E-state index in [1.54, 1.807) is 12.1 Å². The fourth-order valence-corrected chi connectivity index (χ4v) is 5.19. The predicted octanol–water partition coefficient (Wildman–Crippen LogP) is 5.59. The zero-order chi connectivity index (χ0) is 24.9. The van der Waals surface area contributed by atoms with Gasteiger partial charge in [-0.15, -0.1) is 11.3 Å². The Morgan fingerprint density at radius 3 is 2.49 bits per heavy atom. The van der Waals surface area contributed by atoms with E-state index >= 15 is 0 Å². The van der Waals surface area contributed by atoms with Crippen LogP contribution in [0.4, 0.5) is 8.78 Å². The second-order valence-electron chi connectivity index (χ2n) is 8.62. The number of benzene rings is 2. The zero-order valence-corrected chi connectivity index (χ0v) is 19.7. The highest BCUT2D eigenvalue weighted by molar-refractivity contribution is 7.20. The maximum Gasteiger partial charge on any atom is 0.306 e. The molecule has 1 amide bonds. The number of halogens is 2. The third-order valence-electron chi connectivity index (χ3n) is 6.17. The lowest BCUT2D eigenvalue weighted by atomic mass is 9.87. The number of carboxylic acid groups (broad SMARTS) is 1. The molecular weight excluding hydrogens is 476 g/mol. The van der Waals surface area contributed by atoms with Crippen molar-refractivity contribution in [2.24, 2.45) is 5.92 Å². The van der Waals surface area contributed by atoms with Crippen LogP contribution in [0.2, 0.25) is 0 Å². The van der Waals surface area contributed by atoms with Gasteiger partial charge in [-0.25, -0.2) is 8.78 Å². The first kappa shape index (κ1) is 24.8. The third-order valence-corrected chi connectivity index (χ3v) is 7.27. The van der Waals surface area contributed by atoms with Crippen molar-refractivity contribution >= 4 is 39.1 Å². The Balaban J connectivity index is 1.23. The number of hydrogen-bond acceptors (Lipinski definition) is 5. The van der Waals surface area contributed by atoms with Gasteiger partial charge in [0.05, 0.1) is 16.9 Å². The van der Waals surface area contributed by atoms with Crippen molar-refractivity contribution in [3.05, 3.63) is 64.5 Å². The normalized spacial score (nSPS) is 17.8. The maximum absolute atomic E-state index is 14.5. The van der Waals surface area contributed by atoms with Crippen LogP contribution in [-0.2, 0) is 4.79 Å². The summed E-state index contributed by atoms with van der Waals surface area (Å²) in [5.74, 6) is -2.74. The van der Waals surface area contributed by atoms with Crippen molar-refractivity contribution in [1.82, 2.24) is 5.32 Å². The van der Waals surface area contributed by atoms with Gasteiger partial charge in [0.25, 0.3) is 5.91 Å². The number of carbonyl (C=O) groups is 3. The Labute approximate surface area is 204 Å². The molecule has 9 heteroatoms. The van der Waals surface area contributed by atoms with E-state index in [9.17, 15) is 23.2 Å². The van der Waals surface area contributed by atoms with E-state index in [-0.39, 0.29) is 53.8 Å². The third kappa shape index (κ3) is 6.03. The van der Waals surface area contributed by atoms with Gasteiger partial charge in [-0.1, -0.05) is 6.07 Å². The first-order chi connectivity index (χ1) is 16.8. The number of carboxylic acids is 1. The molecule has 35 heavy (non-hydrogen) atoms. The van der Waals surface area contributed by atoms with Crippen LogP contribution >= 0.6 is 11.3 Å². The molecule has 0 spiro atoms. The summed E-state index contributed by atoms with van der Waals surface area (Å²) in [5.41, 5.74) is 0.218. The van der Waals surface area contributed by atoms with E-state index in [2.05, 4.69) is 5.32 Å². The number of fused-ring (bicyclic) bond motifs is 1. The largest absolute Gasteiger partial charge is 0.487 e. The fourth-order valence-electron chi connectivity index (χ4n) is 4.20. The van der Waals surface area contributed by atoms with Crippen LogP contribution in [0.5, 0.6) is 5.75 Å². The fraction of sp³-hybridized carbons (Fsp3) is 0.346. The van der Waals surface area contributed by atoms with E-state index in [1.165, 1.54) is 35.6 Å². The van der Waals surface area contributed by atoms with Gasteiger partial charge < -0.3 is 15.2 Å². The molecular formula is C26H25F2NO5S. The molecule has 3 aromatic rings. The summed E-state index contributed by atoms with van der Waals surface area (Å²) in [4.78, 5) is 36.2. The molecule has 0 bridgehead atoms. The highest BCUT2D eigenvalue weighted by Gasteiger charge is 2.27. The van der Waals surface area contributed by atoms with Crippen molar-refractivity contribution in [2.75, 3.05) is 6.54 Å². The average molecular weight is 502 g/mol. The van der Waals surface area contributed by atoms with Crippen molar-refractivity contribution in [1.29, 1.82) is 0 Å². The Morgan fingerprint density at radius 2 is 1.80 bits per heavy atom. The van der Waals surface area contributed by atoms with E-state index in [0.29, 0.717) is 47.1 Å². The second kappa shape index (κ2) is 10.9. The minimum atomic E-state index is -0.812. The summed E-state index contributed by atoms with van der Waals surface area (Å²) in [6, 6.07) is 10.3. The Kier molecular flexibility index (Phi) is 7.75.